The molecule has 1 N–H and O–H groups in total. The number of hydrogen-bond acceptors (Lipinski definition) is 3. The molecular formula is C13H19BrN2O2. The quantitative estimate of drug-likeness (QED) is 0.869. The van der Waals surface area contributed by atoms with Crippen LogP contribution in [-0.2, 0) is 15.7 Å². The molecule has 0 atom stereocenters. The molecule has 0 unspecified atom stereocenters. The average molecular weight is 315 g/mol. The number of hydrogen-bond donors (Lipinski definition) is 1. The first kappa shape index (κ1) is 13.7. The fraction of sp³-hybridized carbons (Fsp3) is 0.692. The van der Waals surface area contributed by atoms with E-state index in [1.165, 1.54) is 6.42 Å². The predicted octanol–water partition coefficient (Wildman–Crippen LogP) is 2.86. The van der Waals surface area contributed by atoms with E-state index in [0.717, 1.165) is 25.7 Å². The van der Waals surface area contributed by atoms with Gasteiger partial charge in [-0.2, -0.15) is 0 Å². The van der Waals surface area contributed by atoms with Gasteiger partial charge in [0.2, 0.25) is 0 Å². The number of halogens is 1. The number of alkyl halides is 1. The zero-order valence-electron chi connectivity index (χ0n) is 10.7. The third kappa shape index (κ3) is 2.67. The standard InChI is InChI=1S/C13H19BrN2O2/c1-2-18-13(6-4-3-5-7-13)12-15-9-10(8-14)11(17)16-12/h9H,2-8H2,1H3,(H,15,16,17). The number of nitrogens with one attached hydrogen (secondary N) is 1. The van der Waals surface area contributed by atoms with Crippen molar-refractivity contribution in [2.45, 2.75) is 50.0 Å². The summed E-state index contributed by atoms with van der Waals surface area (Å²) < 4.78 is 5.94. The summed E-state index contributed by atoms with van der Waals surface area (Å²) in [5.74, 6) is 0.693. The Labute approximate surface area is 115 Å². The van der Waals surface area contributed by atoms with Crippen LogP contribution >= 0.6 is 15.9 Å². The highest BCUT2D eigenvalue weighted by molar-refractivity contribution is 9.08. The minimum atomic E-state index is -0.378. The van der Waals surface area contributed by atoms with Crippen LogP contribution in [0, 0.1) is 0 Å². The van der Waals surface area contributed by atoms with E-state index in [1.807, 2.05) is 6.92 Å². The second-order valence-corrected chi connectivity index (χ2v) is 5.27. The van der Waals surface area contributed by atoms with Gasteiger partial charge >= 0.3 is 0 Å². The molecule has 0 bridgehead atoms. The summed E-state index contributed by atoms with van der Waals surface area (Å²) in [4.78, 5) is 19.2. The monoisotopic (exact) mass is 314 g/mol. The second-order valence-electron chi connectivity index (χ2n) is 4.71. The van der Waals surface area contributed by atoms with Gasteiger partial charge < -0.3 is 9.72 Å². The number of ether oxygens (including phenoxy) is 1. The lowest BCUT2D eigenvalue weighted by atomic mass is 9.84. The van der Waals surface area contributed by atoms with Crippen LogP contribution < -0.4 is 5.56 Å². The van der Waals surface area contributed by atoms with Gasteiger partial charge in [-0.05, 0) is 19.8 Å². The molecule has 1 aromatic heterocycles. The van der Waals surface area contributed by atoms with Crippen molar-refractivity contribution in [1.29, 1.82) is 0 Å². The molecular weight excluding hydrogens is 296 g/mol. The van der Waals surface area contributed by atoms with Crippen LogP contribution in [0.15, 0.2) is 11.0 Å². The van der Waals surface area contributed by atoms with Crippen LogP contribution in [0.3, 0.4) is 0 Å². The second kappa shape index (κ2) is 5.97. The third-order valence-corrected chi connectivity index (χ3v) is 4.13. The summed E-state index contributed by atoms with van der Waals surface area (Å²) in [5, 5.41) is 0.525. The number of H-pyrrole nitrogens is 1. The lowest BCUT2D eigenvalue weighted by molar-refractivity contribution is -0.0768. The Hall–Kier alpha value is -0.680. The summed E-state index contributed by atoms with van der Waals surface area (Å²) in [6.07, 6.45) is 7.03. The Kier molecular flexibility index (Phi) is 4.56. The molecule has 4 nitrogen and oxygen atoms in total. The first-order chi connectivity index (χ1) is 8.72. The largest absolute Gasteiger partial charge is 0.367 e. The molecule has 1 saturated carbocycles. The van der Waals surface area contributed by atoms with Crippen LogP contribution in [-0.4, -0.2) is 16.6 Å². The first-order valence-corrected chi connectivity index (χ1v) is 7.62. The molecule has 1 fully saturated rings. The average Bonchev–Trinajstić information content (AvgIpc) is 2.40. The van der Waals surface area contributed by atoms with Crippen LogP contribution in [0.1, 0.15) is 50.4 Å². The zero-order chi connectivity index (χ0) is 13.0. The Morgan fingerprint density at radius 2 is 2.17 bits per heavy atom. The maximum absolute atomic E-state index is 11.9. The van der Waals surface area contributed by atoms with Crippen molar-refractivity contribution >= 4 is 15.9 Å². The molecule has 2 rings (SSSR count). The molecule has 1 heterocycles. The van der Waals surface area contributed by atoms with E-state index in [2.05, 4.69) is 25.9 Å². The van der Waals surface area contributed by atoms with Crippen molar-refractivity contribution in [1.82, 2.24) is 9.97 Å². The van der Waals surface area contributed by atoms with Gasteiger partial charge in [0.25, 0.3) is 5.56 Å². The van der Waals surface area contributed by atoms with Crippen LogP contribution in [0.4, 0.5) is 0 Å². The van der Waals surface area contributed by atoms with E-state index in [4.69, 9.17) is 4.74 Å². The van der Waals surface area contributed by atoms with Crippen LogP contribution in [0.2, 0.25) is 0 Å². The molecule has 5 heteroatoms. The minimum Gasteiger partial charge on any atom is -0.367 e. The van der Waals surface area contributed by atoms with Gasteiger partial charge in [0, 0.05) is 23.7 Å². The number of aromatic nitrogens is 2. The van der Waals surface area contributed by atoms with Gasteiger partial charge in [0.05, 0.1) is 0 Å². The van der Waals surface area contributed by atoms with E-state index in [0.29, 0.717) is 23.3 Å². The lowest BCUT2D eigenvalue weighted by Gasteiger charge is -2.35. The van der Waals surface area contributed by atoms with Crippen LogP contribution in [0.5, 0.6) is 0 Å². The molecule has 0 spiro atoms. The van der Waals surface area contributed by atoms with E-state index in [1.54, 1.807) is 6.20 Å². The predicted molar refractivity (Wildman–Crippen MR) is 73.9 cm³/mol. The molecule has 1 aliphatic carbocycles. The summed E-state index contributed by atoms with van der Waals surface area (Å²) in [5.41, 5.74) is 0.208. The van der Waals surface area contributed by atoms with Gasteiger partial charge in [0.15, 0.2) is 0 Å². The number of nitrogens with zero attached hydrogens (tertiary/aromatic N) is 1. The lowest BCUT2D eigenvalue weighted by Crippen LogP contribution is -2.36. The normalized spacial score (nSPS) is 18.8. The van der Waals surface area contributed by atoms with Crippen molar-refractivity contribution in [2.24, 2.45) is 0 Å². The van der Waals surface area contributed by atoms with E-state index >= 15 is 0 Å². The summed E-state index contributed by atoms with van der Waals surface area (Å²) in [6, 6.07) is 0. The summed E-state index contributed by atoms with van der Waals surface area (Å²) >= 11 is 3.28. The third-order valence-electron chi connectivity index (χ3n) is 3.53. The topological polar surface area (TPSA) is 55.0 Å². The number of aromatic amines is 1. The molecule has 0 aromatic carbocycles. The Morgan fingerprint density at radius 3 is 2.72 bits per heavy atom. The Bertz CT molecular complexity index is 447. The molecule has 0 radical (unpaired) electrons. The highest BCUT2D eigenvalue weighted by Crippen LogP contribution is 2.38. The van der Waals surface area contributed by atoms with Gasteiger partial charge in [-0.1, -0.05) is 35.2 Å². The van der Waals surface area contributed by atoms with Crippen LogP contribution in [0.25, 0.3) is 0 Å². The highest BCUT2D eigenvalue weighted by Gasteiger charge is 2.37. The molecule has 0 aliphatic heterocycles. The van der Waals surface area contributed by atoms with Crippen molar-refractivity contribution in [2.75, 3.05) is 6.61 Å². The fourth-order valence-corrected chi connectivity index (χ4v) is 3.00. The highest BCUT2D eigenvalue weighted by atomic mass is 79.9. The SMILES string of the molecule is CCOC1(c2ncc(CBr)c(=O)[nH]2)CCCCC1. The van der Waals surface area contributed by atoms with Crippen molar-refractivity contribution in [3.05, 3.63) is 27.9 Å². The maximum atomic E-state index is 11.9. The summed E-state index contributed by atoms with van der Waals surface area (Å²) in [7, 11) is 0. The Balaban J connectivity index is 2.36. The van der Waals surface area contributed by atoms with Gasteiger partial charge in [0.1, 0.15) is 11.4 Å². The maximum Gasteiger partial charge on any atom is 0.254 e. The minimum absolute atomic E-state index is 0.0680. The molecule has 100 valence electrons. The van der Waals surface area contributed by atoms with E-state index in [9.17, 15) is 4.79 Å². The van der Waals surface area contributed by atoms with E-state index in [-0.39, 0.29) is 11.2 Å². The molecule has 0 saturated heterocycles. The molecule has 0 amide bonds. The van der Waals surface area contributed by atoms with Crippen molar-refractivity contribution < 1.29 is 4.74 Å². The Morgan fingerprint density at radius 1 is 1.44 bits per heavy atom. The molecule has 1 aromatic rings. The van der Waals surface area contributed by atoms with Gasteiger partial charge in [-0.15, -0.1) is 0 Å². The molecule has 1 aliphatic rings. The van der Waals surface area contributed by atoms with Crippen molar-refractivity contribution in [3.63, 3.8) is 0 Å². The summed E-state index contributed by atoms with van der Waals surface area (Å²) in [6.45, 7) is 2.63. The first-order valence-electron chi connectivity index (χ1n) is 6.50. The van der Waals surface area contributed by atoms with Crippen molar-refractivity contribution in [3.8, 4) is 0 Å². The molecule has 18 heavy (non-hydrogen) atoms. The number of rotatable bonds is 4. The van der Waals surface area contributed by atoms with Gasteiger partial charge in [-0.25, -0.2) is 4.98 Å². The smallest absolute Gasteiger partial charge is 0.254 e. The van der Waals surface area contributed by atoms with Gasteiger partial charge in [-0.3, -0.25) is 4.79 Å². The van der Waals surface area contributed by atoms with E-state index < -0.39 is 0 Å². The fourth-order valence-electron chi connectivity index (χ4n) is 2.60. The zero-order valence-corrected chi connectivity index (χ0v) is 12.3.